The maximum atomic E-state index is 13.0. The molecule has 0 aliphatic heterocycles. The van der Waals surface area contributed by atoms with Crippen molar-refractivity contribution in [2.24, 2.45) is 0 Å². The first-order chi connectivity index (χ1) is 10.00. The zero-order chi connectivity index (χ0) is 15.3. The molecule has 5 heteroatoms. The molecule has 118 valence electrons. The molecule has 0 spiro atoms. The molecule has 0 heterocycles. The molecule has 0 saturated heterocycles. The van der Waals surface area contributed by atoms with E-state index in [1.54, 1.807) is 12.1 Å². The first-order valence-electron chi connectivity index (χ1n) is 7.69. The number of sulfone groups is 1. The van der Waals surface area contributed by atoms with Crippen molar-refractivity contribution in [3.8, 4) is 0 Å². The summed E-state index contributed by atoms with van der Waals surface area (Å²) in [5.41, 5.74) is 1.01. The lowest BCUT2D eigenvalue weighted by molar-refractivity contribution is 0.552. The Morgan fingerprint density at radius 3 is 2.48 bits per heavy atom. The highest BCUT2D eigenvalue weighted by atomic mass is 32.2. The van der Waals surface area contributed by atoms with Crippen molar-refractivity contribution < 1.29 is 12.8 Å². The molecule has 3 nitrogen and oxygen atoms in total. The van der Waals surface area contributed by atoms with E-state index in [0.29, 0.717) is 18.9 Å². The van der Waals surface area contributed by atoms with E-state index in [0.717, 1.165) is 12.1 Å². The van der Waals surface area contributed by atoms with Gasteiger partial charge in [0.05, 0.1) is 5.75 Å². The summed E-state index contributed by atoms with van der Waals surface area (Å²) in [5, 5.41) is 3.45. The molecule has 0 aromatic heterocycles. The van der Waals surface area contributed by atoms with E-state index >= 15 is 0 Å². The molecule has 1 fully saturated rings. The standard InChI is InChI=1S/C16H24FNO2S/c1-2-10-21(19,20)11-9-14(12-18-16-7-8-16)13-3-5-15(17)6-4-13/h3-6,14,16,18H,2,7-12H2,1H3. The van der Waals surface area contributed by atoms with E-state index < -0.39 is 9.84 Å². The first-order valence-corrected chi connectivity index (χ1v) is 9.51. The molecule has 1 N–H and O–H groups in total. The largest absolute Gasteiger partial charge is 0.313 e. The molecular weight excluding hydrogens is 289 g/mol. The SMILES string of the molecule is CCCS(=O)(=O)CCC(CNC1CC1)c1ccc(F)cc1. The smallest absolute Gasteiger partial charge is 0.150 e. The van der Waals surface area contributed by atoms with E-state index in [-0.39, 0.29) is 23.2 Å². The van der Waals surface area contributed by atoms with Crippen molar-refractivity contribution in [3.63, 3.8) is 0 Å². The van der Waals surface area contributed by atoms with Crippen LogP contribution in [0.4, 0.5) is 4.39 Å². The summed E-state index contributed by atoms with van der Waals surface area (Å²) in [6, 6.07) is 7.00. The normalized spacial score (nSPS) is 16.9. The van der Waals surface area contributed by atoms with Crippen LogP contribution in [-0.4, -0.2) is 32.5 Å². The van der Waals surface area contributed by atoms with Crippen LogP contribution in [0.5, 0.6) is 0 Å². The maximum absolute atomic E-state index is 13.0. The van der Waals surface area contributed by atoms with Crippen LogP contribution in [-0.2, 0) is 9.84 Å². The number of nitrogens with one attached hydrogen (secondary N) is 1. The van der Waals surface area contributed by atoms with Gasteiger partial charge < -0.3 is 5.32 Å². The van der Waals surface area contributed by atoms with Crippen LogP contribution in [0.3, 0.4) is 0 Å². The third kappa shape index (κ3) is 5.75. The fourth-order valence-corrected chi connectivity index (χ4v) is 3.92. The molecule has 1 aromatic rings. The summed E-state index contributed by atoms with van der Waals surface area (Å²) in [5.74, 6) is 0.318. The molecule has 0 amide bonds. The van der Waals surface area contributed by atoms with Gasteiger partial charge in [-0.15, -0.1) is 0 Å². The summed E-state index contributed by atoms with van der Waals surface area (Å²) in [6.45, 7) is 2.64. The van der Waals surface area contributed by atoms with Gasteiger partial charge in [0, 0.05) is 18.3 Å². The number of hydrogen-bond acceptors (Lipinski definition) is 3. The van der Waals surface area contributed by atoms with Crippen LogP contribution >= 0.6 is 0 Å². The third-order valence-corrected chi connectivity index (χ3v) is 5.75. The lowest BCUT2D eigenvalue weighted by atomic mass is 9.96. The van der Waals surface area contributed by atoms with E-state index in [9.17, 15) is 12.8 Å². The Bertz CT molecular complexity index is 538. The summed E-state index contributed by atoms with van der Waals surface area (Å²) >= 11 is 0. The number of rotatable bonds is 9. The molecule has 1 aliphatic rings. The van der Waals surface area contributed by atoms with Crippen LogP contribution < -0.4 is 5.32 Å². The van der Waals surface area contributed by atoms with Crippen LogP contribution in [0.1, 0.15) is 44.1 Å². The highest BCUT2D eigenvalue weighted by molar-refractivity contribution is 7.91. The topological polar surface area (TPSA) is 46.2 Å². The fraction of sp³-hybridized carbons (Fsp3) is 0.625. The van der Waals surface area contributed by atoms with Crippen molar-refractivity contribution >= 4 is 9.84 Å². The number of halogens is 1. The molecule has 0 bridgehead atoms. The van der Waals surface area contributed by atoms with Crippen LogP contribution in [0.25, 0.3) is 0 Å². The molecule has 1 unspecified atom stereocenters. The third-order valence-electron chi connectivity index (χ3n) is 3.86. The Morgan fingerprint density at radius 2 is 1.90 bits per heavy atom. The Hall–Kier alpha value is -0.940. The lowest BCUT2D eigenvalue weighted by Gasteiger charge is -2.18. The average Bonchev–Trinajstić information content (AvgIpc) is 3.24. The molecule has 1 aromatic carbocycles. The Balaban J connectivity index is 1.98. The van der Waals surface area contributed by atoms with Gasteiger partial charge in [-0.2, -0.15) is 0 Å². The van der Waals surface area contributed by atoms with Gasteiger partial charge in [-0.1, -0.05) is 19.1 Å². The summed E-state index contributed by atoms with van der Waals surface area (Å²) < 4.78 is 36.8. The van der Waals surface area contributed by atoms with Gasteiger partial charge in [-0.25, -0.2) is 12.8 Å². The quantitative estimate of drug-likeness (QED) is 0.762. The number of hydrogen-bond donors (Lipinski definition) is 1. The molecule has 1 aliphatic carbocycles. The van der Waals surface area contributed by atoms with Gasteiger partial charge in [0.2, 0.25) is 0 Å². The fourth-order valence-electron chi connectivity index (χ4n) is 2.45. The van der Waals surface area contributed by atoms with Gasteiger partial charge in [0.1, 0.15) is 15.7 Å². The van der Waals surface area contributed by atoms with Crippen LogP contribution in [0, 0.1) is 5.82 Å². The highest BCUT2D eigenvalue weighted by Gasteiger charge is 2.23. The Morgan fingerprint density at radius 1 is 1.24 bits per heavy atom. The molecule has 0 radical (unpaired) electrons. The molecule has 1 atom stereocenters. The molecule has 21 heavy (non-hydrogen) atoms. The van der Waals surface area contributed by atoms with Gasteiger partial charge in [0.25, 0.3) is 0 Å². The summed E-state index contributed by atoms with van der Waals surface area (Å²) in [6.07, 6.45) is 3.64. The van der Waals surface area contributed by atoms with E-state index in [4.69, 9.17) is 0 Å². The van der Waals surface area contributed by atoms with E-state index in [1.165, 1.54) is 25.0 Å². The zero-order valence-electron chi connectivity index (χ0n) is 12.5. The predicted octanol–water partition coefficient (Wildman–Crippen LogP) is 2.88. The predicted molar refractivity (Wildman–Crippen MR) is 83.7 cm³/mol. The van der Waals surface area contributed by atoms with Crippen LogP contribution in [0.15, 0.2) is 24.3 Å². The highest BCUT2D eigenvalue weighted by Crippen LogP contribution is 2.24. The summed E-state index contributed by atoms with van der Waals surface area (Å²) in [7, 11) is -2.97. The van der Waals surface area contributed by atoms with Gasteiger partial charge in [-0.05, 0) is 49.3 Å². The average molecular weight is 313 g/mol. The van der Waals surface area contributed by atoms with Crippen molar-refractivity contribution in [3.05, 3.63) is 35.6 Å². The first kappa shape index (κ1) is 16.4. The van der Waals surface area contributed by atoms with Crippen molar-refractivity contribution in [1.29, 1.82) is 0 Å². The minimum absolute atomic E-state index is 0.123. The zero-order valence-corrected chi connectivity index (χ0v) is 13.3. The second kappa shape index (κ2) is 7.36. The minimum atomic E-state index is -2.97. The summed E-state index contributed by atoms with van der Waals surface area (Å²) in [4.78, 5) is 0. The van der Waals surface area contributed by atoms with Crippen LogP contribution in [0.2, 0.25) is 0 Å². The molecule has 2 rings (SSSR count). The number of benzene rings is 1. The van der Waals surface area contributed by atoms with Gasteiger partial charge in [0.15, 0.2) is 0 Å². The van der Waals surface area contributed by atoms with E-state index in [2.05, 4.69) is 5.32 Å². The monoisotopic (exact) mass is 313 g/mol. The van der Waals surface area contributed by atoms with Crippen molar-refractivity contribution in [2.75, 3.05) is 18.1 Å². The van der Waals surface area contributed by atoms with E-state index in [1.807, 2.05) is 6.92 Å². The second-order valence-corrected chi connectivity index (χ2v) is 8.18. The van der Waals surface area contributed by atoms with Gasteiger partial charge in [-0.3, -0.25) is 0 Å². The lowest BCUT2D eigenvalue weighted by Crippen LogP contribution is -2.25. The second-order valence-electron chi connectivity index (χ2n) is 5.87. The minimum Gasteiger partial charge on any atom is -0.313 e. The maximum Gasteiger partial charge on any atom is 0.150 e. The Labute approximate surface area is 126 Å². The molecule has 1 saturated carbocycles. The Kier molecular flexibility index (Phi) is 5.76. The van der Waals surface area contributed by atoms with Gasteiger partial charge >= 0.3 is 0 Å². The van der Waals surface area contributed by atoms with Crippen molar-refractivity contribution in [2.45, 2.75) is 44.6 Å². The van der Waals surface area contributed by atoms with Crippen molar-refractivity contribution in [1.82, 2.24) is 5.32 Å². The molecular formula is C16H24FNO2S.